The number of allylic oxidation sites excluding steroid dienone is 5. The van der Waals surface area contributed by atoms with E-state index in [0.717, 1.165) is 11.3 Å². The zero-order valence-electron chi connectivity index (χ0n) is 13.9. The minimum absolute atomic E-state index is 0.0491. The summed E-state index contributed by atoms with van der Waals surface area (Å²) < 4.78 is 5.50. The van der Waals surface area contributed by atoms with Gasteiger partial charge >= 0.3 is 0 Å². The molecule has 24 heavy (non-hydrogen) atoms. The maximum absolute atomic E-state index is 12.0. The van der Waals surface area contributed by atoms with Crippen LogP contribution in [0.1, 0.15) is 25.2 Å². The molecule has 1 aromatic heterocycles. The van der Waals surface area contributed by atoms with Gasteiger partial charge in [0.05, 0.1) is 12.0 Å². The molecule has 0 saturated carbocycles. The summed E-state index contributed by atoms with van der Waals surface area (Å²) >= 11 is 0. The van der Waals surface area contributed by atoms with E-state index < -0.39 is 0 Å². The summed E-state index contributed by atoms with van der Waals surface area (Å²) in [6.07, 6.45) is 5.24. The van der Waals surface area contributed by atoms with Crippen LogP contribution >= 0.6 is 0 Å². The van der Waals surface area contributed by atoms with E-state index in [2.05, 4.69) is 10.2 Å². The molecule has 0 fully saturated rings. The molecule has 1 aromatic carbocycles. The molecular formula is C20H18N2O2. The molecule has 4 nitrogen and oxygen atoms in total. The number of furan rings is 1. The lowest BCUT2D eigenvalue weighted by Crippen LogP contribution is -2.06. The molecule has 0 atom stereocenters. The second-order valence-corrected chi connectivity index (χ2v) is 5.80. The van der Waals surface area contributed by atoms with E-state index in [1.807, 2.05) is 49.4 Å². The third kappa shape index (κ3) is 3.33. The predicted molar refractivity (Wildman–Crippen MR) is 93.8 cm³/mol. The number of rotatable bonds is 3. The Labute approximate surface area is 140 Å². The van der Waals surface area contributed by atoms with Crippen molar-refractivity contribution in [2.75, 3.05) is 0 Å². The maximum Gasteiger partial charge on any atom is 0.184 e. The third-order valence-electron chi connectivity index (χ3n) is 3.79. The molecule has 4 heteroatoms. The van der Waals surface area contributed by atoms with Crippen LogP contribution in [0.5, 0.6) is 0 Å². The van der Waals surface area contributed by atoms with Crippen LogP contribution in [0.3, 0.4) is 0 Å². The summed E-state index contributed by atoms with van der Waals surface area (Å²) in [6, 6.07) is 11.4. The predicted octanol–water partition coefficient (Wildman–Crippen LogP) is 5.56. The summed E-state index contributed by atoms with van der Waals surface area (Å²) in [5.74, 6) is 0.663. The zero-order chi connectivity index (χ0) is 17.1. The fourth-order valence-electron chi connectivity index (χ4n) is 2.47. The first kappa shape index (κ1) is 15.9. The van der Waals surface area contributed by atoms with Crippen molar-refractivity contribution in [3.05, 3.63) is 82.9 Å². The highest BCUT2D eigenvalue weighted by atomic mass is 16.3. The van der Waals surface area contributed by atoms with Gasteiger partial charge in [-0.2, -0.15) is 5.11 Å². The number of ketones is 1. The summed E-state index contributed by atoms with van der Waals surface area (Å²) in [4.78, 5) is 12.0. The van der Waals surface area contributed by atoms with Crippen LogP contribution in [0.15, 0.2) is 86.2 Å². The van der Waals surface area contributed by atoms with Crippen molar-refractivity contribution in [1.29, 1.82) is 0 Å². The standard InChI is InChI=1S/C20H18N2O2/c1-13-6-8-17(9-7-13)21-22-19(18-5-4-10-24-18)16-11-14(2)20(23)15(3)12-16/h4-12H,1-3H3. The fraction of sp³-hybridized carbons (Fsp3) is 0.150. The van der Waals surface area contributed by atoms with Crippen molar-refractivity contribution in [1.82, 2.24) is 0 Å². The van der Waals surface area contributed by atoms with Crippen molar-refractivity contribution in [2.45, 2.75) is 20.8 Å². The Morgan fingerprint density at radius 1 is 0.958 bits per heavy atom. The van der Waals surface area contributed by atoms with Gasteiger partial charge in [0.2, 0.25) is 0 Å². The van der Waals surface area contributed by atoms with Gasteiger partial charge in [-0.3, -0.25) is 4.79 Å². The molecule has 1 heterocycles. The van der Waals surface area contributed by atoms with Gasteiger partial charge in [-0.1, -0.05) is 17.7 Å². The monoisotopic (exact) mass is 318 g/mol. The molecule has 1 aliphatic rings. The molecule has 120 valence electrons. The SMILES string of the molecule is CC1=CC(=C(N=Nc2ccc(C)cc2)c2ccco2)C=C(C)C1=O. The normalized spacial score (nSPS) is 14.8. The topological polar surface area (TPSA) is 54.9 Å². The first-order chi connectivity index (χ1) is 11.5. The number of nitrogens with zero attached hydrogens (tertiary/aromatic N) is 2. The molecule has 0 amide bonds. The van der Waals surface area contributed by atoms with Crippen LogP contribution in [0, 0.1) is 6.92 Å². The highest BCUT2D eigenvalue weighted by Gasteiger charge is 2.17. The number of carbonyl (C=O) groups excluding carboxylic acids is 1. The van der Waals surface area contributed by atoms with E-state index in [1.54, 1.807) is 26.2 Å². The number of azo groups is 1. The summed E-state index contributed by atoms with van der Waals surface area (Å²) in [7, 11) is 0. The third-order valence-corrected chi connectivity index (χ3v) is 3.79. The largest absolute Gasteiger partial charge is 0.463 e. The van der Waals surface area contributed by atoms with Crippen molar-refractivity contribution < 1.29 is 9.21 Å². The van der Waals surface area contributed by atoms with Gasteiger partial charge in [0.15, 0.2) is 11.5 Å². The Kier molecular flexibility index (Phi) is 4.38. The van der Waals surface area contributed by atoms with E-state index in [4.69, 9.17) is 4.42 Å². The molecular weight excluding hydrogens is 300 g/mol. The van der Waals surface area contributed by atoms with Crippen molar-refractivity contribution in [3.63, 3.8) is 0 Å². The van der Waals surface area contributed by atoms with Crippen molar-refractivity contribution >= 4 is 17.2 Å². The van der Waals surface area contributed by atoms with Gasteiger partial charge in [0.25, 0.3) is 0 Å². The van der Waals surface area contributed by atoms with E-state index in [1.165, 1.54) is 5.56 Å². The second-order valence-electron chi connectivity index (χ2n) is 5.80. The Hall–Kier alpha value is -3.01. The van der Waals surface area contributed by atoms with Crippen LogP contribution in [-0.4, -0.2) is 5.78 Å². The molecule has 0 spiro atoms. The van der Waals surface area contributed by atoms with Crippen LogP contribution in [0.4, 0.5) is 5.69 Å². The molecule has 0 radical (unpaired) electrons. The average molecular weight is 318 g/mol. The number of carbonyl (C=O) groups is 1. The Bertz CT molecular complexity index is 856. The molecule has 0 saturated heterocycles. The van der Waals surface area contributed by atoms with E-state index in [-0.39, 0.29) is 5.78 Å². The number of hydrogen-bond acceptors (Lipinski definition) is 4. The van der Waals surface area contributed by atoms with E-state index in [0.29, 0.717) is 22.6 Å². The van der Waals surface area contributed by atoms with Gasteiger partial charge in [0.1, 0.15) is 5.70 Å². The lowest BCUT2D eigenvalue weighted by atomic mass is 9.94. The summed E-state index contributed by atoms with van der Waals surface area (Å²) in [5, 5.41) is 8.71. The van der Waals surface area contributed by atoms with Crippen LogP contribution in [0.25, 0.3) is 5.70 Å². The maximum atomic E-state index is 12.0. The first-order valence-electron chi connectivity index (χ1n) is 7.72. The molecule has 0 aliphatic heterocycles. The van der Waals surface area contributed by atoms with Gasteiger partial charge in [-0.15, -0.1) is 5.11 Å². The highest BCUT2D eigenvalue weighted by molar-refractivity contribution is 6.10. The average Bonchev–Trinajstić information content (AvgIpc) is 3.08. The Morgan fingerprint density at radius 3 is 2.21 bits per heavy atom. The van der Waals surface area contributed by atoms with Crippen LogP contribution < -0.4 is 0 Å². The molecule has 3 rings (SSSR count). The molecule has 0 bridgehead atoms. The fourth-order valence-corrected chi connectivity index (χ4v) is 2.47. The minimum Gasteiger partial charge on any atom is -0.463 e. The Morgan fingerprint density at radius 2 is 1.62 bits per heavy atom. The quantitative estimate of drug-likeness (QED) is 0.696. The second kappa shape index (κ2) is 6.62. The lowest BCUT2D eigenvalue weighted by Gasteiger charge is -2.11. The van der Waals surface area contributed by atoms with Gasteiger partial charge < -0.3 is 4.42 Å². The number of Topliss-reactive ketones (excluding diaryl/α,β-unsaturated/α-hetero) is 1. The van der Waals surface area contributed by atoms with Crippen LogP contribution in [-0.2, 0) is 4.79 Å². The van der Waals surface area contributed by atoms with Gasteiger partial charge in [0, 0.05) is 5.57 Å². The van der Waals surface area contributed by atoms with Gasteiger partial charge in [-0.05, 0) is 68.3 Å². The van der Waals surface area contributed by atoms with E-state index in [9.17, 15) is 4.79 Å². The van der Waals surface area contributed by atoms with Crippen LogP contribution in [0.2, 0.25) is 0 Å². The van der Waals surface area contributed by atoms with Gasteiger partial charge in [-0.25, -0.2) is 0 Å². The Balaban J connectivity index is 2.07. The highest BCUT2D eigenvalue weighted by Crippen LogP contribution is 2.29. The smallest absolute Gasteiger partial charge is 0.184 e. The summed E-state index contributed by atoms with van der Waals surface area (Å²) in [5.41, 5.74) is 4.71. The van der Waals surface area contributed by atoms with E-state index >= 15 is 0 Å². The lowest BCUT2D eigenvalue weighted by molar-refractivity contribution is -0.112. The molecule has 1 aliphatic carbocycles. The zero-order valence-corrected chi connectivity index (χ0v) is 13.9. The number of hydrogen-bond donors (Lipinski definition) is 0. The number of aryl methyl sites for hydroxylation is 1. The van der Waals surface area contributed by atoms with Crippen molar-refractivity contribution in [2.24, 2.45) is 10.2 Å². The molecule has 0 unspecified atom stereocenters. The molecule has 2 aromatic rings. The number of benzene rings is 1. The summed E-state index contributed by atoms with van der Waals surface area (Å²) in [6.45, 7) is 5.63. The minimum atomic E-state index is 0.0491. The molecule has 0 N–H and O–H groups in total. The van der Waals surface area contributed by atoms with Crippen molar-refractivity contribution in [3.8, 4) is 0 Å². The first-order valence-corrected chi connectivity index (χ1v) is 7.72.